The Morgan fingerprint density at radius 1 is 0.517 bits per heavy atom. The Kier molecular flexibility index (Phi) is 25.8. The van der Waals surface area contributed by atoms with Gasteiger partial charge < -0.3 is 14.6 Å². The van der Waals surface area contributed by atoms with Gasteiger partial charge >= 0.3 is 0 Å². The fraction of sp³-hybridized carbons (Fsp3) is 1.00. The maximum absolute atomic E-state index is 9.44. The second-order valence-electron chi connectivity index (χ2n) is 8.76. The van der Waals surface area contributed by atoms with Gasteiger partial charge in [-0.2, -0.15) is 0 Å². The molecule has 176 valence electrons. The Balaban J connectivity index is 3.26. The van der Waals surface area contributed by atoms with Crippen molar-refractivity contribution in [1.82, 2.24) is 0 Å². The van der Waals surface area contributed by atoms with Crippen molar-refractivity contribution in [2.45, 2.75) is 142 Å². The van der Waals surface area contributed by atoms with Crippen LogP contribution in [-0.2, 0) is 9.47 Å². The number of ether oxygens (including phenoxy) is 2. The Bertz CT molecular complexity index is 283. The minimum Gasteiger partial charge on any atom is -0.394 e. The van der Waals surface area contributed by atoms with Gasteiger partial charge in [-0.05, 0) is 12.8 Å². The molecule has 0 heterocycles. The summed E-state index contributed by atoms with van der Waals surface area (Å²) in [5, 5.41) is 9.44. The summed E-state index contributed by atoms with van der Waals surface area (Å²) < 4.78 is 11.5. The normalized spacial score (nSPS) is 12.5. The summed E-state index contributed by atoms with van der Waals surface area (Å²) >= 11 is 0. The van der Waals surface area contributed by atoms with E-state index in [9.17, 15) is 5.11 Å². The molecule has 0 saturated carbocycles. The number of aliphatic hydroxyl groups excluding tert-OH is 1. The molecule has 0 aliphatic carbocycles. The number of unbranched alkanes of at least 4 members (excludes halogenated alkanes) is 17. The Labute approximate surface area is 183 Å². The van der Waals surface area contributed by atoms with Gasteiger partial charge in [0.25, 0.3) is 0 Å². The number of hydrogen-bond acceptors (Lipinski definition) is 3. The van der Waals surface area contributed by atoms with E-state index in [2.05, 4.69) is 13.8 Å². The molecule has 0 fully saturated rings. The Hall–Kier alpha value is -0.120. The van der Waals surface area contributed by atoms with Crippen LogP contribution in [0.3, 0.4) is 0 Å². The number of hydrogen-bond donors (Lipinski definition) is 1. The van der Waals surface area contributed by atoms with Gasteiger partial charge in [0.1, 0.15) is 6.10 Å². The van der Waals surface area contributed by atoms with Gasteiger partial charge in [0.05, 0.1) is 13.2 Å². The molecule has 0 amide bonds. The van der Waals surface area contributed by atoms with Crippen LogP contribution in [0.2, 0.25) is 0 Å². The van der Waals surface area contributed by atoms with Gasteiger partial charge in [-0.25, -0.2) is 0 Å². The molecule has 0 aliphatic heterocycles. The topological polar surface area (TPSA) is 38.7 Å². The molecular weight excluding hydrogens is 360 g/mol. The van der Waals surface area contributed by atoms with Gasteiger partial charge in [-0.3, -0.25) is 0 Å². The van der Waals surface area contributed by atoms with E-state index >= 15 is 0 Å². The van der Waals surface area contributed by atoms with Gasteiger partial charge in [-0.15, -0.1) is 0 Å². The van der Waals surface area contributed by atoms with Gasteiger partial charge in [0.2, 0.25) is 0 Å². The van der Waals surface area contributed by atoms with Crippen LogP contribution in [0.25, 0.3) is 0 Å². The molecule has 1 unspecified atom stereocenters. The summed E-state index contributed by atoms with van der Waals surface area (Å²) in [6, 6.07) is 0. The van der Waals surface area contributed by atoms with E-state index in [0.717, 1.165) is 26.1 Å². The van der Waals surface area contributed by atoms with Gasteiger partial charge in [0.15, 0.2) is 0 Å². The standard InChI is InChI=1S/C26H54O3/c1-3-5-7-9-11-13-14-15-16-18-20-22-28-25-26(24-27)29-23-21-19-17-12-10-8-6-4-2/h26-27H,3-25H2,1-2H3. The molecule has 0 aromatic rings. The largest absolute Gasteiger partial charge is 0.394 e. The first-order chi connectivity index (χ1) is 14.3. The highest BCUT2D eigenvalue weighted by Crippen LogP contribution is 2.11. The lowest BCUT2D eigenvalue weighted by Gasteiger charge is -2.15. The summed E-state index contributed by atoms with van der Waals surface area (Å²) in [6.45, 7) is 6.69. The fourth-order valence-corrected chi connectivity index (χ4v) is 3.72. The Morgan fingerprint density at radius 3 is 1.31 bits per heavy atom. The molecule has 0 aliphatic rings. The van der Waals surface area contributed by atoms with Gasteiger partial charge in [0, 0.05) is 13.2 Å². The van der Waals surface area contributed by atoms with Crippen molar-refractivity contribution in [2.75, 3.05) is 26.4 Å². The molecule has 3 nitrogen and oxygen atoms in total. The van der Waals surface area contributed by atoms with Crippen molar-refractivity contribution in [3.05, 3.63) is 0 Å². The average Bonchev–Trinajstić information content (AvgIpc) is 2.74. The highest BCUT2D eigenvalue weighted by atomic mass is 16.5. The second kappa shape index (κ2) is 25.9. The van der Waals surface area contributed by atoms with Crippen LogP contribution in [0.5, 0.6) is 0 Å². The molecule has 3 heteroatoms. The quantitative estimate of drug-likeness (QED) is 0.155. The van der Waals surface area contributed by atoms with E-state index in [1.165, 1.54) is 109 Å². The summed E-state index contributed by atoms with van der Waals surface area (Å²) in [6.07, 6.45) is 25.2. The van der Waals surface area contributed by atoms with E-state index in [1.807, 2.05) is 0 Å². The van der Waals surface area contributed by atoms with E-state index in [4.69, 9.17) is 9.47 Å². The van der Waals surface area contributed by atoms with Gasteiger partial charge in [-0.1, -0.05) is 123 Å². The van der Waals surface area contributed by atoms with Crippen molar-refractivity contribution >= 4 is 0 Å². The first-order valence-electron chi connectivity index (χ1n) is 13.1. The van der Waals surface area contributed by atoms with Crippen molar-refractivity contribution < 1.29 is 14.6 Å². The van der Waals surface area contributed by atoms with E-state index in [1.54, 1.807) is 0 Å². The summed E-state index contributed by atoms with van der Waals surface area (Å²) in [5.74, 6) is 0. The lowest BCUT2D eigenvalue weighted by molar-refractivity contribution is -0.0437. The highest BCUT2D eigenvalue weighted by molar-refractivity contribution is 4.55. The van der Waals surface area contributed by atoms with Crippen molar-refractivity contribution in [3.63, 3.8) is 0 Å². The predicted octanol–water partition coefficient (Wildman–Crippen LogP) is 7.83. The zero-order valence-electron chi connectivity index (χ0n) is 20.1. The van der Waals surface area contributed by atoms with Crippen LogP contribution < -0.4 is 0 Å². The lowest BCUT2D eigenvalue weighted by Crippen LogP contribution is -2.24. The molecule has 0 rings (SSSR count). The lowest BCUT2D eigenvalue weighted by atomic mass is 10.1. The monoisotopic (exact) mass is 414 g/mol. The molecule has 1 N–H and O–H groups in total. The fourth-order valence-electron chi connectivity index (χ4n) is 3.72. The molecule has 0 aromatic carbocycles. The number of aliphatic hydroxyl groups is 1. The Morgan fingerprint density at radius 2 is 0.897 bits per heavy atom. The molecule has 0 radical (unpaired) electrons. The third kappa shape index (κ3) is 24.0. The SMILES string of the molecule is CCCCCCCCCCCCCOCC(CO)OCCCCCCCCCC. The number of rotatable bonds is 25. The van der Waals surface area contributed by atoms with Crippen LogP contribution in [-0.4, -0.2) is 37.6 Å². The van der Waals surface area contributed by atoms with Crippen LogP contribution in [0.15, 0.2) is 0 Å². The smallest absolute Gasteiger partial charge is 0.104 e. The minimum absolute atomic E-state index is 0.0648. The van der Waals surface area contributed by atoms with Crippen molar-refractivity contribution in [2.24, 2.45) is 0 Å². The van der Waals surface area contributed by atoms with Crippen molar-refractivity contribution in [1.29, 1.82) is 0 Å². The van der Waals surface area contributed by atoms with E-state index in [0.29, 0.717) is 6.61 Å². The maximum atomic E-state index is 9.44. The first-order valence-corrected chi connectivity index (χ1v) is 13.1. The molecular formula is C26H54O3. The molecule has 0 aromatic heterocycles. The van der Waals surface area contributed by atoms with Crippen LogP contribution in [0.1, 0.15) is 136 Å². The van der Waals surface area contributed by atoms with Crippen molar-refractivity contribution in [3.8, 4) is 0 Å². The molecule has 0 bridgehead atoms. The average molecular weight is 415 g/mol. The van der Waals surface area contributed by atoms with Crippen LogP contribution in [0.4, 0.5) is 0 Å². The summed E-state index contributed by atoms with van der Waals surface area (Å²) in [7, 11) is 0. The molecule has 0 saturated heterocycles. The summed E-state index contributed by atoms with van der Waals surface area (Å²) in [5.41, 5.74) is 0. The minimum atomic E-state index is -0.146. The molecule has 1 atom stereocenters. The van der Waals surface area contributed by atoms with Crippen LogP contribution >= 0.6 is 0 Å². The molecule has 29 heavy (non-hydrogen) atoms. The third-order valence-electron chi connectivity index (χ3n) is 5.75. The zero-order chi connectivity index (χ0) is 21.3. The first kappa shape index (κ1) is 28.9. The van der Waals surface area contributed by atoms with E-state index < -0.39 is 0 Å². The third-order valence-corrected chi connectivity index (χ3v) is 5.75. The van der Waals surface area contributed by atoms with Crippen LogP contribution in [0, 0.1) is 0 Å². The molecule has 0 spiro atoms. The summed E-state index contributed by atoms with van der Waals surface area (Å²) in [4.78, 5) is 0. The second-order valence-corrected chi connectivity index (χ2v) is 8.76. The maximum Gasteiger partial charge on any atom is 0.104 e. The van der Waals surface area contributed by atoms with E-state index in [-0.39, 0.29) is 12.7 Å². The zero-order valence-corrected chi connectivity index (χ0v) is 20.1. The highest BCUT2D eigenvalue weighted by Gasteiger charge is 2.07. The predicted molar refractivity (Wildman–Crippen MR) is 127 cm³/mol.